The Labute approximate surface area is 137 Å². The van der Waals surface area contributed by atoms with E-state index in [2.05, 4.69) is 18.0 Å². The SMILES string of the molecule is C=CCN(C(=O)Nc1c2c(cc3c1CCC3)CCC2)C1COC1. The molecule has 1 aliphatic heterocycles. The zero-order chi connectivity index (χ0) is 15.8. The van der Waals surface area contributed by atoms with Gasteiger partial charge < -0.3 is 15.0 Å². The molecule has 0 radical (unpaired) electrons. The minimum atomic E-state index is -0.00685. The lowest BCUT2D eigenvalue weighted by molar-refractivity contribution is -0.0442. The molecule has 1 aromatic carbocycles. The summed E-state index contributed by atoms with van der Waals surface area (Å²) in [6.45, 7) is 5.61. The number of anilines is 1. The van der Waals surface area contributed by atoms with Crippen molar-refractivity contribution in [1.29, 1.82) is 0 Å². The van der Waals surface area contributed by atoms with Gasteiger partial charge in [0.25, 0.3) is 0 Å². The van der Waals surface area contributed by atoms with Crippen LogP contribution in [0.3, 0.4) is 0 Å². The fourth-order valence-corrected chi connectivity index (χ4v) is 4.09. The number of aryl methyl sites for hydroxylation is 2. The van der Waals surface area contributed by atoms with Gasteiger partial charge in [-0.1, -0.05) is 12.1 Å². The van der Waals surface area contributed by atoms with E-state index < -0.39 is 0 Å². The van der Waals surface area contributed by atoms with Gasteiger partial charge >= 0.3 is 6.03 Å². The van der Waals surface area contributed by atoms with Gasteiger partial charge in [0.1, 0.15) is 0 Å². The molecule has 23 heavy (non-hydrogen) atoms. The van der Waals surface area contributed by atoms with E-state index in [1.54, 1.807) is 6.08 Å². The van der Waals surface area contributed by atoms with E-state index >= 15 is 0 Å². The summed E-state index contributed by atoms with van der Waals surface area (Å²) in [6, 6.07) is 2.56. The van der Waals surface area contributed by atoms with Crippen molar-refractivity contribution in [2.24, 2.45) is 0 Å². The van der Waals surface area contributed by atoms with Gasteiger partial charge in [0, 0.05) is 12.2 Å². The molecule has 1 aromatic rings. The van der Waals surface area contributed by atoms with Crippen LogP contribution in [0.5, 0.6) is 0 Å². The predicted octanol–water partition coefficient (Wildman–Crippen LogP) is 3.08. The molecule has 1 saturated heterocycles. The van der Waals surface area contributed by atoms with E-state index in [1.807, 2.05) is 4.90 Å². The van der Waals surface area contributed by atoms with Crippen LogP contribution in [0, 0.1) is 0 Å². The summed E-state index contributed by atoms with van der Waals surface area (Å²) in [5.41, 5.74) is 6.77. The fraction of sp³-hybridized carbons (Fsp3) is 0.526. The predicted molar refractivity (Wildman–Crippen MR) is 91.0 cm³/mol. The first-order valence-electron chi connectivity index (χ1n) is 8.70. The Morgan fingerprint density at radius 1 is 1.22 bits per heavy atom. The van der Waals surface area contributed by atoms with Crippen LogP contribution in [-0.4, -0.2) is 36.7 Å². The van der Waals surface area contributed by atoms with Crippen LogP contribution in [0.4, 0.5) is 10.5 Å². The van der Waals surface area contributed by atoms with Crippen molar-refractivity contribution in [3.63, 3.8) is 0 Å². The minimum absolute atomic E-state index is 0.00685. The lowest BCUT2D eigenvalue weighted by Crippen LogP contribution is -2.53. The summed E-state index contributed by atoms with van der Waals surface area (Å²) in [5.74, 6) is 0. The monoisotopic (exact) mass is 312 g/mol. The number of benzene rings is 1. The Hall–Kier alpha value is -1.81. The van der Waals surface area contributed by atoms with E-state index in [4.69, 9.17) is 4.74 Å². The highest BCUT2D eigenvalue weighted by molar-refractivity contribution is 5.92. The highest BCUT2D eigenvalue weighted by Gasteiger charge is 2.31. The summed E-state index contributed by atoms with van der Waals surface area (Å²) >= 11 is 0. The first-order valence-corrected chi connectivity index (χ1v) is 8.70. The van der Waals surface area contributed by atoms with Crippen LogP contribution in [0.15, 0.2) is 18.7 Å². The Morgan fingerprint density at radius 2 is 1.87 bits per heavy atom. The van der Waals surface area contributed by atoms with Crippen LogP contribution >= 0.6 is 0 Å². The second-order valence-corrected chi connectivity index (χ2v) is 6.80. The third-order valence-electron chi connectivity index (χ3n) is 5.35. The molecule has 4 rings (SSSR count). The standard InChI is InChI=1S/C19H24N2O2/c1-2-9-21(15-11-23-12-15)19(22)20-18-16-7-3-5-13(16)10-14-6-4-8-17(14)18/h2,10,15H,1,3-9,11-12H2,(H,20,22). The average Bonchev–Trinajstić information content (AvgIpc) is 3.13. The highest BCUT2D eigenvalue weighted by atomic mass is 16.5. The molecule has 0 atom stereocenters. The number of ether oxygens (including phenoxy) is 1. The number of amides is 2. The third-order valence-corrected chi connectivity index (χ3v) is 5.35. The lowest BCUT2D eigenvalue weighted by Gasteiger charge is -2.36. The maximum absolute atomic E-state index is 12.8. The fourth-order valence-electron chi connectivity index (χ4n) is 4.09. The summed E-state index contributed by atoms with van der Waals surface area (Å²) < 4.78 is 5.25. The maximum Gasteiger partial charge on any atom is 0.322 e. The molecule has 3 aliphatic rings. The molecule has 4 nitrogen and oxygen atoms in total. The van der Waals surface area contributed by atoms with E-state index in [1.165, 1.54) is 35.1 Å². The Morgan fingerprint density at radius 3 is 2.39 bits per heavy atom. The molecule has 0 spiro atoms. The Kier molecular flexibility index (Phi) is 3.85. The van der Waals surface area contributed by atoms with Gasteiger partial charge in [-0.05, 0) is 60.8 Å². The van der Waals surface area contributed by atoms with Gasteiger partial charge in [0.15, 0.2) is 0 Å². The van der Waals surface area contributed by atoms with E-state index in [0.717, 1.165) is 31.4 Å². The molecule has 1 heterocycles. The second kappa shape index (κ2) is 6.00. The van der Waals surface area contributed by atoms with Gasteiger partial charge in [-0.3, -0.25) is 0 Å². The van der Waals surface area contributed by atoms with Gasteiger partial charge in [0.2, 0.25) is 0 Å². The van der Waals surface area contributed by atoms with Crippen molar-refractivity contribution in [3.05, 3.63) is 41.0 Å². The molecular weight excluding hydrogens is 288 g/mol. The molecule has 1 fully saturated rings. The third kappa shape index (κ3) is 2.55. The molecule has 2 amide bonds. The topological polar surface area (TPSA) is 41.6 Å². The number of fused-ring (bicyclic) bond motifs is 2. The number of hydrogen-bond acceptors (Lipinski definition) is 2. The zero-order valence-corrected chi connectivity index (χ0v) is 13.6. The number of carbonyl (C=O) groups is 1. The number of nitrogens with zero attached hydrogens (tertiary/aromatic N) is 1. The Bertz CT molecular complexity index is 617. The number of hydrogen-bond donors (Lipinski definition) is 1. The molecular formula is C19H24N2O2. The van der Waals surface area contributed by atoms with Crippen molar-refractivity contribution in [1.82, 2.24) is 4.90 Å². The van der Waals surface area contributed by atoms with Crippen LogP contribution in [0.2, 0.25) is 0 Å². The largest absolute Gasteiger partial charge is 0.377 e. The van der Waals surface area contributed by atoms with E-state index in [0.29, 0.717) is 19.8 Å². The smallest absolute Gasteiger partial charge is 0.322 e. The second-order valence-electron chi connectivity index (χ2n) is 6.80. The molecule has 122 valence electrons. The summed E-state index contributed by atoms with van der Waals surface area (Å²) in [7, 11) is 0. The lowest BCUT2D eigenvalue weighted by atomic mass is 9.99. The van der Waals surface area contributed by atoms with Crippen molar-refractivity contribution in [2.75, 3.05) is 25.1 Å². The summed E-state index contributed by atoms with van der Waals surface area (Å²) in [6.07, 6.45) is 8.68. The average molecular weight is 312 g/mol. The van der Waals surface area contributed by atoms with Crippen molar-refractivity contribution in [3.8, 4) is 0 Å². The van der Waals surface area contributed by atoms with Crippen molar-refractivity contribution < 1.29 is 9.53 Å². The van der Waals surface area contributed by atoms with E-state index in [9.17, 15) is 4.79 Å². The van der Waals surface area contributed by atoms with Crippen LogP contribution < -0.4 is 5.32 Å². The number of carbonyl (C=O) groups excluding carboxylic acids is 1. The minimum Gasteiger partial charge on any atom is -0.377 e. The molecule has 0 saturated carbocycles. The normalized spacial score (nSPS) is 19.0. The molecule has 1 N–H and O–H groups in total. The number of rotatable bonds is 4. The Balaban J connectivity index is 1.63. The van der Waals surface area contributed by atoms with Crippen molar-refractivity contribution >= 4 is 11.7 Å². The molecule has 0 aromatic heterocycles. The molecule has 0 unspecified atom stereocenters. The summed E-state index contributed by atoms with van der Waals surface area (Å²) in [4.78, 5) is 14.7. The van der Waals surface area contributed by atoms with Crippen LogP contribution in [0.25, 0.3) is 0 Å². The number of nitrogens with one attached hydrogen (secondary N) is 1. The molecule has 0 bridgehead atoms. The van der Waals surface area contributed by atoms with Gasteiger partial charge in [-0.15, -0.1) is 6.58 Å². The maximum atomic E-state index is 12.8. The number of urea groups is 1. The van der Waals surface area contributed by atoms with Crippen LogP contribution in [0.1, 0.15) is 35.1 Å². The first-order chi connectivity index (χ1) is 11.3. The van der Waals surface area contributed by atoms with Gasteiger partial charge in [-0.25, -0.2) is 4.79 Å². The zero-order valence-electron chi connectivity index (χ0n) is 13.6. The molecule has 4 heteroatoms. The van der Waals surface area contributed by atoms with Crippen LogP contribution in [-0.2, 0) is 30.4 Å². The van der Waals surface area contributed by atoms with Gasteiger partial charge in [-0.2, -0.15) is 0 Å². The summed E-state index contributed by atoms with van der Waals surface area (Å²) in [5, 5.41) is 3.26. The van der Waals surface area contributed by atoms with Crippen molar-refractivity contribution in [2.45, 2.75) is 44.6 Å². The van der Waals surface area contributed by atoms with E-state index in [-0.39, 0.29) is 12.1 Å². The van der Waals surface area contributed by atoms with Gasteiger partial charge in [0.05, 0.1) is 19.3 Å². The molecule has 2 aliphatic carbocycles. The quantitative estimate of drug-likeness (QED) is 0.868. The highest BCUT2D eigenvalue weighted by Crippen LogP contribution is 2.38. The first kappa shape index (κ1) is 14.8.